The van der Waals surface area contributed by atoms with Crippen molar-refractivity contribution in [1.82, 2.24) is 5.32 Å². The fourth-order valence-corrected chi connectivity index (χ4v) is 1.11. The monoisotopic (exact) mass is 301 g/mol. The molecule has 0 spiro atoms. The van der Waals surface area contributed by atoms with Crippen LogP contribution in [0.3, 0.4) is 0 Å². The van der Waals surface area contributed by atoms with Crippen molar-refractivity contribution in [1.29, 1.82) is 0 Å². The summed E-state index contributed by atoms with van der Waals surface area (Å²) in [6, 6.07) is 0. The molecule has 122 valence electrons. The van der Waals surface area contributed by atoms with Gasteiger partial charge in [-0.2, -0.15) is 0 Å². The molecule has 1 atom stereocenters. The molecular formula is C15H27NO5. The van der Waals surface area contributed by atoms with Gasteiger partial charge < -0.3 is 14.8 Å². The van der Waals surface area contributed by atoms with Crippen molar-refractivity contribution < 1.29 is 23.9 Å². The van der Waals surface area contributed by atoms with Crippen molar-refractivity contribution in [2.75, 3.05) is 13.2 Å². The van der Waals surface area contributed by atoms with Crippen LogP contribution in [0.2, 0.25) is 0 Å². The predicted octanol–water partition coefficient (Wildman–Crippen LogP) is 1.67. The van der Waals surface area contributed by atoms with Crippen molar-refractivity contribution >= 4 is 17.8 Å². The van der Waals surface area contributed by atoms with Gasteiger partial charge >= 0.3 is 11.9 Å². The summed E-state index contributed by atoms with van der Waals surface area (Å²) < 4.78 is 10.4. The molecule has 0 unspecified atom stereocenters. The van der Waals surface area contributed by atoms with Gasteiger partial charge in [-0.1, -0.05) is 0 Å². The Hall–Kier alpha value is -1.59. The molecule has 0 saturated carbocycles. The van der Waals surface area contributed by atoms with Crippen LogP contribution in [0.15, 0.2) is 0 Å². The summed E-state index contributed by atoms with van der Waals surface area (Å²) in [5.74, 6) is -1.04. The first-order chi connectivity index (χ1) is 9.34. The fourth-order valence-electron chi connectivity index (χ4n) is 1.11. The number of hydrogen-bond acceptors (Lipinski definition) is 5. The number of rotatable bonds is 5. The van der Waals surface area contributed by atoms with E-state index in [-0.39, 0.29) is 25.0 Å². The Balaban J connectivity index is 4.64. The fraction of sp³-hybridized carbons (Fsp3) is 0.800. The van der Waals surface area contributed by atoms with Crippen molar-refractivity contribution in [3.63, 3.8) is 0 Å². The maximum Gasteiger partial charge on any atom is 0.311 e. The molecule has 0 aromatic rings. The molecule has 0 aromatic carbocycles. The van der Waals surface area contributed by atoms with Gasteiger partial charge in [0.15, 0.2) is 6.10 Å². The first-order valence-electron chi connectivity index (χ1n) is 6.97. The summed E-state index contributed by atoms with van der Waals surface area (Å²) in [5.41, 5.74) is -1.30. The molecule has 0 aliphatic carbocycles. The van der Waals surface area contributed by atoms with Crippen molar-refractivity contribution in [2.45, 2.75) is 54.6 Å². The molecule has 1 amide bonds. The average Bonchev–Trinajstić information content (AvgIpc) is 2.29. The lowest BCUT2D eigenvalue weighted by atomic mass is 9.97. The highest BCUT2D eigenvalue weighted by Gasteiger charge is 2.29. The summed E-state index contributed by atoms with van der Waals surface area (Å²) in [7, 11) is 0. The van der Waals surface area contributed by atoms with Crippen molar-refractivity contribution in [3.05, 3.63) is 0 Å². The van der Waals surface area contributed by atoms with Gasteiger partial charge in [0.25, 0.3) is 0 Å². The van der Waals surface area contributed by atoms with E-state index in [2.05, 4.69) is 5.32 Å². The van der Waals surface area contributed by atoms with E-state index in [0.29, 0.717) is 0 Å². The smallest absolute Gasteiger partial charge is 0.311 e. The zero-order valence-electron chi connectivity index (χ0n) is 14.0. The van der Waals surface area contributed by atoms with Crippen LogP contribution in [-0.4, -0.2) is 37.1 Å². The maximum atomic E-state index is 11.9. The molecule has 0 bridgehead atoms. The van der Waals surface area contributed by atoms with E-state index in [0.717, 1.165) is 0 Å². The molecule has 0 rings (SSSR count). The summed E-state index contributed by atoms with van der Waals surface area (Å²) >= 11 is 0. The zero-order valence-corrected chi connectivity index (χ0v) is 14.0. The Morgan fingerprint density at radius 1 is 0.952 bits per heavy atom. The van der Waals surface area contributed by atoms with Crippen LogP contribution in [0.1, 0.15) is 48.5 Å². The van der Waals surface area contributed by atoms with Gasteiger partial charge in [-0.05, 0) is 41.5 Å². The van der Waals surface area contributed by atoms with Crippen molar-refractivity contribution in [2.24, 2.45) is 10.8 Å². The van der Waals surface area contributed by atoms with Crippen LogP contribution in [0.25, 0.3) is 0 Å². The number of ether oxygens (including phenoxy) is 2. The van der Waals surface area contributed by atoms with Gasteiger partial charge in [-0.15, -0.1) is 0 Å². The van der Waals surface area contributed by atoms with Gasteiger partial charge in [0.05, 0.1) is 17.4 Å². The summed E-state index contributed by atoms with van der Waals surface area (Å²) in [4.78, 5) is 34.6. The van der Waals surface area contributed by atoms with Crippen LogP contribution in [0.5, 0.6) is 0 Å². The molecule has 0 saturated heterocycles. The Bertz CT molecular complexity index is 390. The van der Waals surface area contributed by atoms with Gasteiger partial charge in [0, 0.05) is 6.92 Å². The Kier molecular flexibility index (Phi) is 6.86. The highest BCUT2D eigenvalue weighted by molar-refractivity contribution is 5.76. The van der Waals surface area contributed by atoms with Crippen molar-refractivity contribution in [3.8, 4) is 0 Å². The normalized spacial score (nSPS) is 13.3. The number of esters is 2. The Morgan fingerprint density at radius 3 is 1.81 bits per heavy atom. The molecule has 6 nitrogen and oxygen atoms in total. The third-order valence-corrected chi connectivity index (χ3v) is 2.48. The third kappa shape index (κ3) is 8.32. The van der Waals surface area contributed by atoms with Crippen LogP contribution in [0.4, 0.5) is 0 Å². The van der Waals surface area contributed by atoms with E-state index in [1.54, 1.807) is 41.5 Å². The van der Waals surface area contributed by atoms with Gasteiger partial charge in [0.1, 0.15) is 6.61 Å². The molecule has 0 fully saturated rings. The highest BCUT2D eigenvalue weighted by atomic mass is 16.6. The minimum atomic E-state index is -0.702. The lowest BCUT2D eigenvalue weighted by molar-refractivity contribution is -0.168. The van der Waals surface area contributed by atoms with E-state index >= 15 is 0 Å². The minimum absolute atomic E-state index is 0.0851. The summed E-state index contributed by atoms with van der Waals surface area (Å²) in [5, 5.41) is 2.56. The second-order valence-electron chi connectivity index (χ2n) is 7.06. The highest BCUT2D eigenvalue weighted by Crippen LogP contribution is 2.18. The summed E-state index contributed by atoms with van der Waals surface area (Å²) in [6.45, 7) is 11.8. The minimum Gasteiger partial charge on any atom is -0.461 e. The van der Waals surface area contributed by atoms with Gasteiger partial charge in [-0.25, -0.2) is 0 Å². The zero-order chi connectivity index (χ0) is 16.8. The van der Waals surface area contributed by atoms with Gasteiger partial charge in [-0.3, -0.25) is 14.4 Å². The lowest BCUT2D eigenvalue weighted by Crippen LogP contribution is -2.40. The number of hydrogen-bond donors (Lipinski definition) is 1. The number of nitrogens with one attached hydrogen (secondary N) is 1. The predicted molar refractivity (Wildman–Crippen MR) is 78.4 cm³/mol. The van der Waals surface area contributed by atoms with Crippen LogP contribution >= 0.6 is 0 Å². The topological polar surface area (TPSA) is 81.7 Å². The average molecular weight is 301 g/mol. The van der Waals surface area contributed by atoms with Crippen LogP contribution in [0, 0.1) is 10.8 Å². The SMILES string of the molecule is CC(=O)NC[C@@H](COC(=O)C(C)(C)C)OC(=O)C(C)(C)C. The first-order valence-corrected chi connectivity index (χ1v) is 6.97. The number of amides is 1. The molecule has 1 N–H and O–H groups in total. The molecule has 0 aromatic heterocycles. The molecule has 0 radical (unpaired) electrons. The quantitative estimate of drug-likeness (QED) is 0.781. The van der Waals surface area contributed by atoms with Crippen LogP contribution < -0.4 is 5.32 Å². The summed E-state index contributed by atoms with van der Waals surface area (Å²) in [6.07, 6.45) is -0.702. The lowest BCUT2D eigenvalue weighted by Gasteiger charge is -2.24. The Morgan fingerprint density at radius 2 is 1.43 bits per heavy atom. The van der Waals surface area contributed by atoms with E-state index in [4.69, 9.17) is 9.47 Å². The first kappa shape index (κ1) is 19.4. The molecule has 0 heterocycles. The molecular weight excluding hydrogens is 274 g/mol. The standard InChI is InChI=1S/C15H27NO5/c1-10(17)16-8-11(21-13(19)15(5,6)7)9-20-12(18)14(2,3)4/h11H,8-9H2,1-7H3,(H,16,17)/t11-/m0/s1. The molecule has 21 heavy (non-hydrogen) atoms. The van der Waals surface area contributed by atoms with Gasteiger partial charge in [0.2, 0.25) is 5.91 Å². The van der Waals surface area contributed by atoms with E-state index < -0.39 is 22.9 Å². The van der Waals surface area contributed by atoms with E-state index in [1.165, 1.54) is 6.92 Å². The number of carbonyl (C=O) groups is 3. The third-order valence-electron chi connectivity index (χ3n) is 2.48. The van der Waals surface area contributed by atoms with E-state index in [1.807, 2.05) is 0 Å². The molecule has 0 aliphatic rings. The maximum absolute atomic E-state index is 11.9. The largest absolute Gasteiger partial charge is 0.461 e. The molecule has 6 heteroatoms. The number of carbonyl (C=O) groups excluding carboxylic acids is 3. The van der Waals surface area contributed by atoms with E-state index in [9.17, 15) is 14.4 Å². The van der Waals surface area contributed by atoms with Crippen LogP contribution in [-0.2, 0) is 23.9 Å². The second kappa shape index (κ2) is 7.43. The second-order valence-corrected chi connectivity index (χ2v) is 7.06. The Labute approximate surface area is 126 Å². The molecule has 0 aliphatic heterocycles.